The molecule has 18 heavy (non-hydrogen) atoms. The molecule has 0 aromatic heterocycles. The van der Waals surface area contributed by atoms with E-state index in [1.54, 1.807) is 6.07 Å². The summed E-state index contributed by atoms with van der Waals surface area (Å²) >= 11 is 3.32. The fourth-order valence-electron chi connectivity index (χ4n) is 1.57. The van der Waals surface area contributed by atoms with Crippen LogP contribution in [-0.4, -0.2) is 31.0 Å². The number of ether oxygens (including phenoxy) is 1. The first-order chi connectivity index (χ1) is 8.65. The molecule has 0 amide bonds. The molecule has 100 valence electrons. The van der Waals surface area contributed by atoms with Gasteiger partial charge >= 0.3 is 0 Å². The average Bonchev–Trinajstić information content (AvgIpc) is 3.14. The van der Waals surface area contributed by atoms with E-state index in [0.29, 0.717) is 24.8 Å². The molecule has 0 radical (unpaired) electrons. The van der Waals surface area contributed by atoms with Crippen molar-refractivity contribution in [3.63, 3.8) is 0 Å². The molecule has 1 aliphatic rings. The van der Waals surface area contributed by atoms with E-state index >= 15 is 0 Å². The Morgan fingerprint density at radius 3 is 3.00 bits per heavy atom. The SMILES string of the molecule is OC(CNc1cc(F)ccc1Br)COCC1CC1. The van der Waals surface area contributed by atoms with Crippen molar-refractivity contribution in [3.8, 4) is 0 Å². The number of nitrogens with one attached hydrogen (secondary N) is 1. The van der Waals surface area contributed by atoms with Crippen molar-refractivity contribution in [2.45, 2.75) is 18.9 Å². The number of hydrogen-bond donors (Lipinski definition) is 2. The molecular weight excluding hydrogens is 301 g/mol. The van der Waals surface area contributed by atoms with Gasteiger partial charge in [-0.05, 0) is 52.9 Å². The van der Waals surface area contributed by atoms with E-state index in [0.717, 1.165) is 11.1 Å². The molecule has 1 atom stereocenters. The lowest BCUT2D eigenvalue weighted by Crippen LogP contribution is -2.25. The van der Waals surface area contributed by atoms with E-state index in [9.17, 15) is 9.50 Å². The number of aliphatic hydroxyl groups excluding tert-OH is 1. The van der Waals surface area contributed by atoms with Crippen LogP contribution in [0.15, 0.2) is 22.7 Å². The number of rotatable bonds is 7. The molecule has 0 heterocycles. The molecular formula is C13H17BrFNO2. The minimum Gasteiger partial charge on any atom is -0.389 e. The topological polar surface area (TPSA) is 41.5 Å². The van der Waals surface area contributed by atoms with Crippen LogP contribution < -0.4 is 5.32 Å². The highest BCUT2D eigenvalue weighted by molar-refractivity contribution is 9.10. The fourth-order valence-corrected chi connectivity index (χ4v) is 1.96. The zero-order chi connectivity index (χ0) is 13.0. The van der Waals surface area contributed by atoms with Crippen LogP contribution in [0.3, 0.4) is 0 Å². The molecule has 1 fully saturated rings. The highest BCUT2D eigenvalue weighted by Gasteiger charge is 2.21. The zero-order valence-electron chi connectivity index (χ0n) is 10.0. The normalized spacial score (nSPS) is 16.6. The van der Waals surface area contributed by atoms with Gasteiger partial charge in [-0.1, -0.05) is 0 Å². The van der Waals surface area contributed by atoms with Gasteiger partial charge in [-0.15, -0.1) is 0 Å². The fraction of sp³-hybridized carbons (Fsp3) is 0.538. The summed E-state index contributed by atoms with van der Waals surface area (Å²) in [5.41, 5.74) is 0.635. The maximum atomic E-state index is 13.0. The quantitative estimate of drug-likeness (QED) is 0.812. The van der Waals surface area contributed by atoms with E-state index < -0.39 is 6.10 Å². The van der Waals surface area contributed by atoms with Crippen LogP contribution in [0, 0.1) is 11.7 Å². The number of anilines is 1. The number of benzene rings is 1. The number of halogens is 2. The minimum absolute atomic E-state index is 0.305. The third kappa shape index (κ3) is 4.55. The van der Waals surface area contributed by atoms with Crippen molar-refractivity contribution >= 4 is 21.6 Å². The first-order valence-electron chi connectivity index (χ1n) is 6.10. The van der Waals surface area contributed by atoms with Gasteiger partial charge in [0.15, 0.2) is 0 Å². The van der Waals surface area contributed by atoms with Crippen molar-refractivity contribution in [1.82, 2.24) is 0 Å². The second kappa shape index (κ2) is 6.50. The zero-order valence-corrected chi connectivity index (χ0v) is 11.6. The van der Waals surface area contributed by atoms with Gasteiger partial charge in [-0.2, -0.15) is 0 Å². The predicted octanol–water partition coefficient (Wildman–Crippen LogP) is 2.79. The highest BCUT2D eigenvalue weighted by Crippen LogP contribution is 2.28. The Balaban J connectivity index is 1.70. The molecule has 1 unspecified atom stereocenters. The van der Waals surface area contributed by atoms with Crippen LogP contribution in [0.2, 0.25) is 0 Å². The molecule has 1 aromatic rings. The van der Waals surface area contributed by atoms with Gasteiger partial charge in [0.05, 0.1) is 18.4 Å². The van der Waals surface area contributed by atoms with Gasteiger partial charge < -0.3 is 15.2 Å². The Hall–Kier alpha value is -0.650. The summed E-state index contributed by atoms with van der Waals surface area (Å²) in [4.78, 5) is 0. The lowest BCUT2D eigenvalue weighted by atomic mass is 10.3. The van der Waals surface area contributed by atoms with Crippen LogP contribution >= 0.6 is 15.9 Å². The lowest BCUT2D eigenvalue weighted by molar-refractivity contribution is 0.0386. The number of aliphatic hydroxyl groups is 1. The Bertz CT molecular complexity index is 399. The Kier molecular flexibility index (Phi) is 4.97. The summed E-state index contributed by atoms with van der Waals surface area (Å²) in [6, 6.07) is 4.40. The molecule has 0 saturated heterocycles. The lowest BCUT2D eigenvalue weighted by Gasteiger charge is -2.14. The van der Waals surface area contributed by atoms with Crippen LogP contribution in [0.5, 0.6) is 0 Å². The molecule has 2 rings (SSSR count). The second-order valence-corrected chi connectivity index (χ2v) is 5.49. The largest absolute Gasteiger partial charge is 0.389 e. The molecule has 0 aliphatic heterocycles. The minimum atomic E-state index is -0.584. The van der Waals surface area contributed by atoms with Crippen LogP contribution in [0.25, 0.3) is 0 Å². The Morgan fingerprint density at radius 2 is 2.28 bits per heavy atom. The Morgan fingerprint density at radius 1 is 1.50 bits per heavy atom. The summed E-state index contributed by atoms with van der Waals surface area (Å²) in [6.07, 6.45) is 1.90. The molecule has 3 nitrogen and oxygen atoms in total. The number of hydrogen-bond acceptors (Lipinski definition) is 3. The van der Waals surface area contributed by atoms with Crippen molar-refractivity contribution in [1.29, 1.82) is 0 Å². The summed E-state index contributed by atoms with van der Waals surface area (Å²) in [5, 5.41) is 12.7. The van der Waals surface area contributed by atoms with Gasteiger partial charge in [0.2, 0.25) is 0 Å². The van der Waals surface area contributed by atoms with E-state index in [2.05, 4.69) is 21.2 Å². The second-order valence-electron chi connectivity index (χ2n) is 4.64. The molecule has 1 saturated carbocycles. The van der Waals surface area contributed by atoms with Gasteiger partial charge in [0.25, 0.3) is 0 Å². The molecule has 0 spiro atoms. The maximum Gasteiger partial charge on any atom is 0.125 e. The van der Waals surface area contributed by atoms with E-state index in [1.807, 2.05) is 0 Å². The van der Waals surface area contributed by atoms with Crippen molar-refractivity contribution in [3.05, 3.63) is 28.5 Å². The van der Waals surface area contributed by atoms with Crippen LogP contribution in [0.4, 0.5) is 10.1 Å². The van der Waals surface area contributed by atoms with Crippen molar-refractivity contribution < 1.29 is 14.2 Å². The van der Waals surface area contributed by atoms with Crippen LogP contribution in [0.1, 0.15) is 12.8 Å². The van der Waals surface area contributed by atoms with E-state index in [-0.39, 0.29) is 5.82 Å². The summed E-state index contributed by atoms with van der Waals surface area (Å²) in [7, 11) is 0. The summed E-state index contributed by atoms with van der Waals surface area (Å²) < 4.78 is 19.2. The first-order valence-corrected chi connectivity index (χ1v) is 6.89. The maximum absolute atomic E-state index is 13.0. The summed E-state index contributed by atoms with van der Waals surface area (Å²) in [6.45, 7) is 1.39. The van der Waals surface area contributed by atoms with E-state index in [4.69, 9.17) is 4.74 Å². The van der Waals surface area contributed by atoms with Gasteiger partial charge in [-0.3, -0.25) is 0 Å². The highest BCUT2D eigenvalue weighted by atomic mass is 79.9. The molecule has 1 aliphatic carbocycles. The molecule has 2 N–H and O–H groups in total. The first kappa shape index (κ1) is 13.8. The predicted molar refractivity (Wildman–Crippen MR) is 72.1 cm³/mol. The molecule has 0 bridgehead atoms. The average molecular weight is 318 g/mol. The van der Waals surface area contributed by atoms with E-state index in [1.165, 1.54) is 25.0 Å². The third-order valence-electron chi connectivity index (χ3n) is 2.82. The van der Waals surface area contributed by atoms with Crippen molar-refractivity contribution in [2.75, 3.05) is 25.1 Å². The smallest absolute Gasteiger partial charge is 0.125 e. The standard InChI is InChI=1S/C13H17BrFNO2/c14-12-4-3-10(15)5-13(12)16-6-11(17)8-18-7-9-1-2-9/h3-5,9,11,16-17H,1-2,6-8H2. The Labute approximate surface area is 114 Å². The molecule has 1 aromatic carbocycles. The van der Waals surface area contributed by atoms with Crippen molar-refractivity contribution in [2.24, 2.45) is 5.92 Å². The monoisotopic (exact) mass is 317 g/mol. The third-order valence-corrected chi connectivity index (χ3v) is 3.51. The molecule has 5 heteroatoms. The van der Waals surface area contributed by atoms with Gasteiger partial charge in [0.1, 0.15) is 5.82 Å². The van der Waals surface area contributed by atoms with Gasteiger partial charge in [0, 0.05) is 17.6 Å². The van der Waals surface area contributed by atoms with Gasteiger partial charge in [-0.25, -0.2) is 4.39 Å². The summed E-state index contributed by atoms with van der Waals surface area (Å²) in [5.74, 6) is 0.391. The van der Waals surface area contributed by atoms with Crippen LogP contribution in [-0.2, 0) is 4.74 Å².